The third kappa shape index (κ3) is 7.40. The summed E-state index contributed by atoms with van der Waals surface area (Å²) in [6, 6.07) is 8.60. The highest BCUT2D eigenvalue weighted by Gasteiger charge is 2.53. The SMILES string of the molecule is Cc1ccc([C@H](c2ccn3c(C(F)(F)F)nnc3c2C)C(C)(C)C(=O)O)cc1CN1CC2(CC2)Oc2nc(N[C@@H](C)CN3CCCCC3)c(C)cc2S1(=O)=O. The van der Waals surface area contributed by atoms with E-state index in [9.17, 15) is 31.5 Å². The van der Waals surface area contributed by atoms with E-state index in [1.807, 2.05) is 19.9 Å². The van der Waals surface area contributed by atoms with Crippen LogP contribution in [0.1, 0.15) is 98.0 Å². The number of alkyl halides is 3. The van der Waals surface area contributed by atoms with Crippen LogP contribution in [0.25, 0.3) is 5.65 Å². The molecule has 0 radical (unpaired) electrons. The summed E-state index contributed by atoms with van der Waals surface area (Å²) in [7, 11) is -4.12. The molecule has 1 aliphatic carbocycles. The van der Waals surface area contributed by atoms with Crippen LogP contribution in [-0.4, -0.2) is 86.1 Å². The van der Waals surface area contributed by atoms with Crippen molar-refractivity contribution in [2.24, 2.45) is 5.41 Å². The topological polar surface area (TPSA) is 142 Å². The van der Waals surface area contributed by atoms with Gasteiger partial charge in [-0.15, -0.1) is 10.2 Å². The van der Waals surface area contributed by atoms with Gasteiger partial charge in [0.15, 0.2) is 5.65 Å². The van der Waals surface area contributed by atoms with Crippen LogP contribution in [0.2, 0.25) is 0 Å². The molecule has 0 bridgehead atoms. The van der Waals surface area contributed by atoms with E-state index in [1.54, 1.807) is 39.0 Å². The Morgan fingerprint density at radius 1 is 1.04 bits per heavy atom. The van der Waals surface area contributed by atoms with Gasteiger partial charge in [-0.05, 0) is 126 Å². The second-order valence-electron chi connectivity index (χ2n) is 16.2. The molecule has 55 heavy (non-hydrogen) atoms. The lowest BCUT2D eigenvalue weighted by molar-refractivity contribution is -0.147. The fourth-order valence-corrected chi connectivity index (χ4v) is 9.68. The number of rotatable bonds is 10. The normalized spacial score (nSPS) is 19.7. The van der Waals surface area contributed by atoms with Crippen molar-refractivity contribution in [1.82, 2.24) is 28.8 Å². The molecule has 2 aliphatic heterocycles. The van der Waals surface area contributed by atoms with E-state index >= 15 is 0 Å². The van der Waals surface area contributed by atoms with Gasteiger partial charge in [0.25, 0.3) is 0 Å². The molecule has 296 valence electrons. The van der Waals surface area contributed by atoms with Crippen LogP contribution < -0.4 is 10.1 Å². The molecule has 0 amide bonds. The number of likely N-dealkylation sites (tertiary alicyclic amines) is 1. The Labute approximate surface area is 319 Å². The highest BCUT2D eigenvalue weighted by molar-refractivity contribution is 7.89. The first-order valence-electron chi connectivity index (χ1n) is 18.7. The second-order valence-corrected chi connectivity index (χ2v) is 18.1. The molecule has 1 aromatic carbocycles. The standard InChI is InChI=1S/C39H48F3N7O5S/c1-23-10-11-27(31(37(5,6)36(50)51)29-12-17-49-33(26(29)4)45-46-35(49)39(40,41)42)19-28(23)21-48-22-38(13-14-38)54-34-30(55(48,52)53)18-24(2)32(44-34)43-25(3)20-47-15-8-7-9-16-47/h10-12,17-19,25,31H,7-9,13-16,20-22H2,1-6H3,(H,43,44)(H,50,51)/t25-,31+/m0/s1. The Hall–Kier alpha value is -4.28. The molecule has 16 heteroatoms. The van der Waals surface area contributed by atoms with Gasteiger partial charge in [-0.2, -0.15) is 22.5 Å². The van der Waals surface area contributed by atoms with Gasteiger partial charge >= 0.3 is 12.1 Å². The van der Waals surface area contributed by atoms with Gasteiger partial charge in [0.2, 0.25) is 21.7 Å². The molecule has 2 N–H and O–H groups in total. The second kappa shape index (κ2) is 14.0. The molecule has 3 aliphatic rings. The Bertz CT molecular complexity index is 2250. The van der Waals surface area contributed by atoms with Gasteiger partial charge in [-0.3, -0.25) is 9.20 Å². The number of carboxylic acids is 1. The fraction of sp³-hybridized carbons (Fsp3) is 0.538. The van der Waals surface area contributed by atoms with Crippen molar-refractivity contribution < 1.29 is 36.2 Å². The number of aromatic nitrogens is 4. The number of hydrogen-bond donors (Lipinski definition) is 2. The Balaban J connectivity index is 1.23. The summed E-state index contributed by atoms with van der Waals surface area (Å²) in [4.78, 5) is 20.0. The van der Waals surface area contributed by atoms with E-state index in [1.165, 1.54) is 35.8 Å². The molecule has 1 spiro atoms. The zero-order chi connectivity index (χ0) is 39.7. The molecular formula is C39H48F3N7O5S. The Morgan fingerprint density at radius 2 is 1.75 bits per heavy atom. The molecule has 1 saturated carbocycles. The molecule has 7 rings (SSSR count). The predicted octanol–water partition coefficient (Wildman–Crippen LogP) is 6.71. The van der Waals surface area contributed by atoms with E-state index in [0.717, 1.165) is 29.6 Å². The highest BCUT2D eigenvalue weighted by atomic mass is 32.2. The molecule has 12 nitrogen and oxygen atoms in total. The molecule has 2 atom stereocenters. The molecule has 5 heterocycles. The van der Waals surface area contributed by atoms with Gasteiger partial charge in [0.05, 0.1) is 12.0 Å². The molecule has 1 saturated heterocycles. The van der Waals surface area contributed by atoms with Crippen molar-refractivity contribution in [1.29, 1.82) is 0 Å². The molecule has 3 aromatic heterocycles. The minimum absolute atomic E-state index is 0.00263. The lowest BCUT2D eigenvalue weighted by Crippen LogP contribution is -2.38. The van der Waals surface area contributed by atoms with E-state index < -0.39 is 44.9 Å². The average molecular weight is 784 g/mol. The lowest BCUT2D eigenvalue weighted by atomic mass is 9.70. The number of piperidine rings is 1. The predicted molar refractivity (Wildman–Crippen MR) is 200 cm³/mol. The number of ether oxygens (including phenoxy) is 1. The third-order valence-corrected chi connectivity index (χ3v) is 13.3. The van der Waals surface area contributed by atoms with Gasteiger partial charge in [-0.1, -0.05) is 24.6 Å². The number of carboxylic acid groups (broad SMARTS) is 1. The number of aryl methyl sites for hydroxylation is 3. The maximum atomic E-state index is 14.5. The largest absolute Gasteiger partial charge is 0.481 e. The average Bonchev–Trinajstić information content (AvgIpc) is 3.72. The maximum absolute atomic E-state index is 14.5. The number of nitrogens with zero attached hydrogens (tertiary/aromatic N) is 6. The summed E-state index contributed by atoms with van der Waals surface area (Å²) in [6.07, 6.45) is 1.42. The van der Waals surface area contributed by atoms with Gasteiger partial charge in [0.1, 0.15) is 16.3 Å². The number of pyridine rings is 2. The highest BCUT2D eigenvalue weighted by Crippen LogP contribution is 2.48. The number of aliphatic carboxylic acids is 1. The van der Waals surface area contributed by atoms with Crippen LogP contribution in [0, 0.1) is 26.2 Å². The van der Waals surface area contributed by atoms with Crippen LogP contribution in [0.4, 0.5) is 19.0 Å². The zero-order valence-electron chi connectivity index (χ0n) is 32.0. The van der Waals surface area contributed by atoms with Crippen molar-refractivity contribution in [2.75, 3.05) is 31.5 Å². The van der Waals surface area contributed by atoms with E-state index in [-0.39, 0.29) is 35.6 Å². The number of nitrogens with one attached hydrogen (secondary N) is 1. The van der Waals surface area contributed by atoms with Crippen LogP contribution in [-0.2, 0) is 27.5 Å². The molecule has 2 fully saturated rings. The smallest absolute Gasteiger partial charge is 0.452 e. The Morgan fingerprint density at radius 3 is 2.40 bits per heavy atom. The molecular weight excluding hydrogens is 736 g/mol. The first-order valence-corrected chi connectivity index (χ1v) is 20.2. The van der Waals surface area contributed by atoms with Crippen LogP contribution >= 0.6 is 0 Å². The summed E-state index contributed by atoms with van der Waals surface area (Å²) in [6.45, 7) is 13.6. The van der Waals surface area contributed by atoms with Crippen molar-refractivity contribution >= 4 is 27.5 Å². The van der Waals surface area contributed by atoms with Crippen molar-refractivity contribution in [3.05, 3.63) is 75.7 Å². The number of anilines is 1. The minimum Gasteiger partial charge on any atom is -0.481 e. The van der Waals surface area contributed by atoms with Crippen molar-refractivity contribution in [3.8, 4) is 5.88 Å². The van der Waals surface area contributed by atoms with E-state index in [4.69, 9.17) is 9.72 Å². The van der Waals surface area contributed by atoms with Gasteiger partial charge < -0.3 is 20.1 Å². The number of carbonyl (C=O) groups is 1. The van der Waals surface area contributed by atoms with Crippen molar-refractivity contribution in [3.63, 3.8) is 0 Å². The monoisotopic (exact) mass is 783 g/mol. The maximum Gasteiger partial charge on any atom is 0.452 e. The number of sulfonamides is 1. The summed E-state index contributed by atoms with van der Waals surface area (Å²) in [5.74, 6) is -2.47. The summed E-state index contributed by atoms with van der Waals surface area (Å²) in [5.41, 5.74) is 1.30. The van der Waals surface area contributed by atoms with Crippen LogP contribution in [0.3, 0.4) is 0 Å². The quantitative estimate of drug-likeness (QED) is 0.178. The van der Waals surface area contributed by atoms with E-state index in [2.05, 4.69) is 27.3 Å². The molecule has 4 aromatic rings. The fourth-order valence-electron chi connectivity index (χ4n) is 8.05. The van der Waals surface area contributed by atoms with Crippen LogP contribution in [0.5, 0.6) is 5.88 Å². The zero-order valence-corrected chi connectivity index (χ0v) is 32.8. The first kappa shape index (κ1) is 39.0. The lowest BCUT2D eigenvalue weighted by Gasteiger charge is -2.33. The van der Waals surface area contributed by atoms with Gasteiger partial charge in [-0.25, -0.2) is 8.42 Å². The third-order valence-electron chi connectivity index (χ3n) is 11.5. The first-order chi connectivity index (χ1) is 25.8. The van der Waals surface area contributed by atoms with Crippen LogP contribution in [0.15, 0.2) is 41.4 Å². The van der Waals surface area contributed by atoms with Crippen molar-refractivity contribution in [2.45, 2.75) is 109 Å². The Kier molecular flexibility index (Phi) is 9.94. The van der Waals surface area contributed by atoms with Gasteiger partial charge in [0, 0.05) is 31.2 Å². The number of halogens is 3. The number of fused-ring (bicyclic) bond motifs is 2. The summed E-state index contributed by atoms with van der Waals surface area (Å²) in [5, 5.41) is 21.1. The number of benzene rings is 1. The number of hydrogen-bond acceptors (Lipinski definition) is 9. The molecule has 0 unspecified atom stereocenters. The minimum atomic E-state index is -4.74. The summed E-state index contributed by atoms with van der Waals surface area (Å²) < 4.78 is 78.9. The summed E-state index contributed by atoms with van der Waals surface area (Å²) >= 11 is 0. The van der Waals surface area contributed by atoms with E-state index in [0.29, 0.717) is 46.5 Å².